The Morgan fingerprint density at radius 1 is 1.28 bits per heavy atom. The molecule has 0 amide bonds. The van der Waals surface area contributed by atoms with Gasteiger partial charge in [-0.15, -0.1) is 0 Å². The van der Waals surface area contributed by atoms with E-state index in [-0.39, 0.29) is 11.6 Å². The number of fused-ring (bicyclic) bond motifs is 1. The summed E-state index contributed by atoms with van der Waals surface area (Å²) in [5.74, 6) is 0.00994. The molecule has 0 spiro atoms. The Hall–Kier alpha value is -1.00. The smallest absolute Gasteiger partial charge is 0.127 e. The van der Waals surface area contributed by atoms with E-state index in [1.807, 2.05) is 0 Å². The van der Waals surface area contributed by atoms with Gasteiger partial charge in [-0.25, -0.2) is 8.78 Å². The molecule has 3 rings (SSSR count). The average molecular weight is 252 g/mol. The summed E-state index contributed by atoms with van der Waals surface area (Å²) in [6.07, 6.45) is 2.48. The first kappa shape index (κ1) is 12.1. The number of benzene rings is 1. The molecular formula is C14H18F2N2. The standard InChI is InChI=1S/C14H18F2N2/c15-12-3-4-13(16)11(6-12)8-18-7-10-2-1-5-17-14(10)9-18/h3-4,6,10,14,17H,1-2,5,7-9H2. The summed E-state index contributed by atoms with van der Waals surface area (Å²) < 4.78 is 26.7. The van der Waals surface area contributed by atoms with Crippen molar-refractivity contribution in [2.45, 2.75) is 25.4 Å². The van der Waals surface area contributed by atoms with Crippen LogP contribution in [0.25, 0.3) is 0 Å². The number of likely N-dealkylation sites (tertiary alicyclic amines) is 1. The third kappa shape index (κ3) is 2.40. The van der Waals surface area contributed by atoms with Crippen LogP contribution in [0.4, 0.5) is 8.78 Å². The molecule has 2 aliphatic rings. The molecule has 18 heavy (non-hydrogen) atoms. The van der Waals surface area contributed by atoms with E-state index < -0.39 is 0 Å². The molecule has 2 unspecified atom stereocenters. The number of piperidine rings is 1. The predicted octanol–water partition coefficient (Wildman–Crippen LogP) is 2.15. The summed E-state index contributed by atoms with van der Waals surface area (Å²) in [7, 11) is 0. The molecule has 98 valence electrons. The van der Waals surface area contributed by atoms with E-state index in [4.69, 9.17) is 0 Å². The summed E-state index contributed by atoms with van der Waals surface area (Å²) in [6, 6.07) is 4.23. The minimum absolute atomic E-state index is 0.306. The highest BCUT2D eigenvalue weighted by Crippen LogP contribution is 2.26. The van der Waals surface area contributed by atoms with Crippen molar-refractivity contribution < 1.29 is 8.78 Å². The van der Waals surface area contributed by atoms with E-state index >= 15 is 0 Å². The van der Waals surface area contributed by atoms with Crippen LogP contribution in [0.2, 0.25) is 0 Å². The Morgan fingerprint density at radius 3 is 3.00 bits per heavy atom. The largest absolute Gasteiger partial charge is 0.312 e. The zero-order chi connectivity index (χ0) is 12.5. The molecule has 0 saturated carbocycles. The minimum atomic E-state index is -0.360. The van der Waals surface area contributed by atoms with Crippen LogP contribution in [0.15, 0.2) is 18.2 Å². The Morgan fingerprint density at radius 2 is 2.17 bits per heavy atom. The molecule has 2 aliphatic heterocycles. The van der Waals surface area contributed by atoms with Gasteiger partial charge in [-0.2, -0.15) is 0 Å². The quantitative estimate of drug-likeness (QED) is 0.867. The molecule has 2 heterocycles. The highest BCUT2D eigenvalue weighted by Gasteiger charge is 2.34. The molecule has 2 saturated heterocycles. The van der Waals surface area contributed by atoms with E-state index in [0.29, 0.717) is 24.1 Å². The first-order valence-corrected chi connectivity index (χ1v) is 6.62. The number of nitrogens with one attached hydrogen (secondary N) is 1. The molecule has 0 aliphatic carbocycles. The van der Waals surface area contributed by atoms with Crippen LogP contribution in [0.5, 0.6) is 0 Å². The summed E-state index contributed by atoms with van der Waals surface area (Å²) in [4.78, 5) is 2.23. The molecule has 2 fully saturated rings. The minimum Gasteiger partial charge on any atom is -0.312 e. The maximum atomic E-state index is 13.6. The van der Waals surface area contributed by atoms with Gasteiger partial charge in [0.15, 0.2) is 0 Å². The summed E-state index contributed by atoms with van der Waals surface area (Å²) >= 11 is 0. The van der Waals surface area contributed by atoms with Crippen LogP contribution in [0, 0.1) is 17.6 Å². The van der Waals surface area contributed by atoms with Gasteiger partial charge < -0.3 is 5.32 Å². The third-order valence-corrected chi connectivity index (χ3v) is 4.08. The number of nitrogens with zero attached hydrogens (tertiary/aromatic N) is 1. The monoisotopic (exact) mass is 252 g/mol. The Balaban J connectivity index is 1.68. The topological polar surface area (TPSA) is 15.3 Å². The van der Waals surface area contributed by atoms with Gasteiger partial charge in [-0.1, -0.05) is 0 Å². The molecule has 1 aromatic carbocycles. The molecule has 0 radical (unpaired) electrons. The highest BCUT2D eigenvalue weighted by atomic mass is 19.1. The van der Waals surface area contributed by atoms with Gasteiger partial charge in [0.05, 0.1) is 0 Å². The second-order valence-corrected chi connectivity index (χ2v) is 5.39. The lowest BCUT2D eigenvalue weighted by atomic mass is 9.94. The second-order valence-electron chi connectivity index (χ2n) is 5.39. The van der Waals surface area contributed by atoms with E-state index in [1.54, 1.807) is 0 Å². The van der Waals surface area contributed by atoms with E-state index in [1.165, 1.54) is 31.0 Å². The van der Waals surface area contributed by atoms with Crippen molar-refractivity contribution in [1.29, 1.82) is 0 Å². The van der Waals surface area contributed by atoms with Gasteiger partial charge in [-0.3, -0.25) is 4.90 Å². The molecule has 4 heteroatoms. The third-order valence-electron chi connectivity index (χ3n) is 4.08. The Bertz CT molecular complexity index is 422. The van der Waals surface area contributed by atoms with Crippen molar-refractivity contribution in [3.05, 3.63) is 35.4 Å². The van der Waals surface area contributed by atoms with Crippen LogP contribution < -0.4 is 5.32 Å². The van der Waals surface area contributed by atoms with Crippen molar-refractivity contribution in [2.24, 2.45) is 5.92 Å². The number of halogens is 2. The molecular weight excluding hydrogens is 234 g/mol. The molecule has 2 atom stereocenters. The lowest BCUT2D eigenvalue weighted by Gasteiger charge is -2.24. The summed E-state index contributed by atoms with van der Waals surface area (Å²) in [6.45, 7) is 3.54. The summed E-state index contributed by atoms with van der Waals surface area (Å²) in [5, 5.41) is 3.51. The Labute approximate surface area is 106 Å². The Kier molecular flexibility index (Phi) is 3.31. The average Bonchev–Trinajstić information content (AvgIpc) is 2.76. The van der Waals surface area contributed by atoms with E-state index in [2.05, 4.69) is 10.2 Å². The fourth-order valence-corrected chi connectivity index (χ4v) is 3.17. The van der Waals surface area contributed by atoms with Crippen molar-refractivity contribution in [3.63, 3.8) is 0 Å². The van der Waals surface area contributed by atoms with Crippen molar-refractivity contribution in [3.8, 4) is 0 Å². The predicted molar refractivity (Wildman–Crippen MR) is 66.1 cm³/mol. The lowest BCUT2D eigenvalue weighted by Crippen LogP contribution is -2.40. The van der Waals surface area contributed by atoms with Crippen LogP contribution in [-0.2, 0) is 6.54 Å². The molecule has 0 aromatic heterocycles. The van der Waals surface area contributed by atoms with Crippen LogP contribution >= 0.6 is 0 Å². The van der Waals surface area contributed by atoms with Crippen molar-refractivity contribution in [1.82, 2.24) is 10.2 Å². The van der Waals surface area contributed by atoms with E-state index in [0.717, 1.165) is 19.6 Å². The fraction of sp³-hybridized carbons (Fsp3) is 0.571. The molecule has 0 bridgehead atoms. The maximum absolute atomic E-state index is 13.6. The molecule has 1 N–H and O–H groups in total. The van der Waals surface area contributed by atoms with Gasteiger partial charge in [0, 0.05) is 31.2 Å². The first-order chi connectivity index (χ1) is 8.72. The summed E-state index contributed by atoms with van der Waals surface area (Å²) in [5.41, 5.74) is 0.466. The lowest BCUT2D eigenvalue weighted by molar-refractivity contribution is 0.307. The SMILES string of the molecule is Fc1ccc(F)c(CN2CC3CCCNC3C2)c1. The van der Waals surface area contributed by atoms with Gasteiger partial charge in [-0.05, 0) is 43.5 Å². The molecule has 1 aromatic rings. The second kappa shape index (κ2) is 4.94. The van der Waals surface area contributed by atoms with Crippen molar-refractivity contribution in [2.75, 3.05) is 19.6 Å². The van der Waals surface area contributed by atoms with Gasteiger partial charge >= 0.3 is 0 Å². The van der Waals surface area contributed by atoms with Crippen molar-refractivity contribution >= 4 is 0 Å². The fourth-order valence-electron chi connectivity index (χ4n) is 3.17. The van der Waals surface area contributed by atoms with Gasteiger partial charge in [0.1, 0.15) is 11.6 Å². The number of hydrogen-bond acceptors (Lipinski definition) is 2. The van der Waals surface area contributed by atoms with Crippen LogP contribution in [0.1, 0.15) is 18.4 Å². The zero-order valence-electron chi connectivity index (χ0n) is 10.3. The maximum Gasteiger partial charge on any atom is 0.127 e. The molecule has 2 nitrogen and oxygen atoms in total. The van der Waals surface area contributed by atoms with E-state index in [9.17, 15) is 8.78 Å². The highest BCUT2D eigenvalue weighted by molar-refractivity contribution is 5.19. The number of rotatable bonds is 2. The first-order valence-electron chi connectivity index (χ1n) is 6.62. The van der Waals surface area contributed by atoms with Crippen LogP contribution in [-0.4, -0.2) is 30.6 Å². The zero-order valence-corrected chi connectivity index (χ0v) is 10.3. The van der Waals surface area contributed by atoms with Crippen LogP contribution in [0.3, 0.4) is 0 Å². The van der Waals surface area contributed by atoms with Gasteiger partial charge in [0.2, 0.25) is 0 Å². The normalized spacial score (nSPS) is 28.3. The van der Waals surface area contributed by atoms with Gasteiger partial charge in [0.25, 0.3) is 0 Å². The number of hydrogen-bond donors (Lipinski definition) is 1.